The molecule has 2 unspecified atom stereocenters. The number of alkyl halides is 1. The highest BCUT2D eigenvalue weighted by molar-refractivity contribution is 7.17. The second kappa shape index (κ2) is 5.83. The third-order valence-electron chi connectivity index (χ3n) is 2.99. The summed E-state index contributed by atoms with van der Waals surface area (Å²) in [7, 11) is 1.85. The first-order valence-electron chi connectivity index (χ1n) is 5.64. The lowest BCUT2D eigenvalue weighted by molar-refractivity contribution is 0.131. The Morgan fingerprint density at radius 2 is 2.24 bits per heavy atom. The predicted octanol–water partition coefficient (Wildman–Crippen LogP) is 3.15. The highest BCUT2D eigenvalue weighted by atomic mass is 35.5. The van der Waals surface area contributed by atoms with E-state index in [1.807, 2.05) is 13.1 Å². The summed E-state index contributed by atoms with van der Waals surface area (Å²) < 4.78 is 1.21. The fraction of sp³-hybridized carbons (Fsp3) is 0.385. The van der Waals surface area contributed by atoms with Crippen LogP contribution in [0.25, 0.3) is 10.1 Å². The van der Waals surface area contributed by atoms with Gasteiger partial charge in [-0.1, -0.05) is 12.1 Å². The number of halogens is 1. The number of benzene rings is 1. The number of rotatable bonds is 5. The second-order valence-corrected chi connectivity index (χ2v) is 5.36. The predicted molar refractivity (Wildman–Crippen MR) is 75.0 cm³/mol. The van der Waals surface area contributed by atoms with Crippen LogP contribution in [0.2, 0.25) is 0 Å². The lowest BCUT2D eigenvalue weighted by atomic mass is 10.00. The lowest BCUT2D eigenvalue weighted by Gasteiger charge is -2.22. The number of likely N-dealkylation sites (N-methyl/N-ethyl adjacent to an activating group) is 1. The van der Waals surface area contributed by atoms with E-state index < -0.39 is 6.10 Å². The molecule has 2 nitrogen and oxygen atoms in total. The summed E-state index contributed by atoms with van der Waals surface area (Å²) in [6.45, 7) is 0. The highest BCUT2D eigenvalue weighted by Crippen LogP contribution is 2.26. The van der Waals surface area contributed by atoms with Gasteiger partial charge in [0.1, 0.15) is 0 Å². The Morgan fingerprint density at radius 3 is 2.94 bits per heavy atom. The van der Waals surface area contributed by atoms with Crippen LogP contribution < -0.4 is 5.32 Å². The summed E-state index contributed by atoms with van der Waals surface area (Å²) in [5, 5.41) is 16.7. The van der Waals surface area contributed by atoms with Crippen molar-refractivity contribution >= 4 is 33.0 Å². The molecule has 0 amide bonds. The van der Waals surface area contributed by atoms with Gasteiger partial charge in [0.05, 0.1) is 6.10 Å². The molecule has 0 bridgehead atoms. The van der Waals surface area contributed by atoms with Crippen LogP contribution >= 0.6 is 22.9 Å². The van der Waals surface area contributed by atoms with Crippen LogP contribution in [-0.2, 0) is 0 Å². The molecule has 2 aromatic rings. The van der Waals surface area contributed by atoms with Gasteiger partial charge in [0.2, 0.25) is 0 Å². The van der Waals surface area contributed by atoms with Crippen molar-refractivity contribution in [2.45, 2.75) is 18.6 Å². The molecule has 0 aliphatic rings. The Kier molecular flexibility index (Phi) is 4.40. The quantitative estimate of drug-likeness (QED) is 0.818. The average molecular weight is 270 g/mol. The topological polar surface area (TPSA) is 32.3 Å². The normalized spacial score (nSPS) is 15.0. The number of hydrogen-bond donors (Lipinski definition) is 2. The van der Waals surface area contributed by atoms with Crippen LogP contribution in [0.1, 0.15) is 18.1 Å². The summed E-state index contributed by atoms with van der Waals surface area (Å²) in [4.78, 5) is 0. The van der Waals surface area contributed by atoms with Crippen molar-refractivity contribution in [3.8, 4) is 0 Å². The fourth-order valence-corrected chi connectivity index (χ4v) is 3.04. The Morgan fingerprint density at radius 1 is 1.41 bits per heavy atom. The van der Waals surface area contributed by atoms with Crippen LogP contribution in [0.5, 0.6) is 0 Å². The Balaban J connectivity index is 2.24. The first-order valence-corrected chi connectivity index (χ1v) is 7.06. The molecule has 1 heterocycles. The second-order valence-electron chi connectivity index (χ2n) is 4.04. The molecule has 92 valence electrons. The Labute approximate surface area is 110 Å². The maximum absolute atomic E-state index is 10.3. The van der Waals surface area contributed by atoms with E-state index >= 15 is 0 Å². The van der Waals surface area contributed by atoms with Gasteiger partial charge < -0.3 is 10.4 Å². The number of aliphatic hydroxyl groups excluding tert-OH is 1. The number of hydrogen-bond acceptors (Lipinski definition) is 3. The zero-order chi connectivity index (χ0) is 12.3. The van der Waals surface area contributed by atoms with E-state index in [2.05, 4.69) is 28.9 Å². The largest absolute Gasteiger partial charge is 0.387 e. The Bertz CT molecular complexity index is 485. The number of nitrogens with one attached hydrogen (secondary N) is 1. The zero-order valence-corrected chi connectivity index (χ0v) is 11.3. The van der Waals surface area contributed by atoms with Crippen molar-refractivity contribution in [3.63, 3.8) is 0 Å². The van der Waals surface area contributed by atoms with Gasteiger partial charge in [0.15, 0.2) is 0 Å². The molecule has 2 rings (SSSR count). The smallest absolute Gasteiger partial charge is 0.0943 e. The molecule has 0 fully saturated rings. The van der Waals surface area contributed by atoms with Crippen LogP contribution in [0.3, 0.4) is 0 Å². The van der Waals surface area contributed by atoms with Crippen molar-refractivity contribution in [1.29, 1.82) is 0 Å². The average Bonchev–Trinajstić information content (AvgIpc) is 2.82. The minimum atomic E-state index is -0.509. The molecular weight excluding hydrogens is 254 g/mol. The van der Waals surface area contributed by atoms with Crippen molar-refractivity contribution in [3.05, 3.63) is 35.2 Å². The van der Waals surface area contributed by atoms with E-state index in [4.69, 9.17) is 11.6 Å². The molecule has 0 radical (unpaired) electrons. The molecule has 1 aromatic carbocycles. The summed E-state index contributed by atoms with van der Waals surface area (Å²) in [5.74, 6) is 0.545. The van der Waals surface area contributed by atoms with E-state index in [0.717, 1.165) is 12.0 Å². The first-order chi connectivity index (χ1) is 8.26. The first kappa shape index (κ1) is 12.8. The van der Waals surface area contributed by atoms with Crippen LogP contribution in [0, 0.1) is 0 Å². The number of fused-ring (bicyclic) bond motifs is 1. The highest BCUT2D eigenvalue weighted by Gasteiger charge is 2.18. The fourth-order valence-electron chi connectivity index (χ4n) is 1.97. The minimum Gasteiger partial charge on any atom is -0.387 e. The third kappa shape index (κ3) is 2.80. The standard InChI is InChI=1S/C13H16ClNOS/c1-15-11(4-6-14)13(16)10-3-2-9-5-7-17-12(9)8-10/h2-3,5,7-8,11,13,15-16H,4,6H2,1H3. The molecule has 2 N–H and O–H groups in total. The van der Waals surface area contributed by atoms with E-state index in [1.165, 1.54) is 10.1 Å². The summed E-state index contributed by atoms with van der Waals surface area (Å²) in [6.07, 6.45) is 0.243. The molecule has 0 saturated heterocycles. The zero-order valence-electron chi connectivity index (χ0n) is 9.69. The monoisotopic (exact) mass is 269 g/mol. The van der Waals surface area contributed by atoms with Crippen molar-refractivity contribution < 1.29 is 5.11 Å². The van der Waals surface area contributed by atoms with E-state index in [-0.39, 0.29) is 6.04 Å². The van der Waals surface area contributed by atoms with E-state index in [9.17, 15) is 5.11 Å². The van der Waals surface area contributed by atoms with Crippen molar-refractivity contribution in [2.24, 2.45) is 0 Å². The molecule has 0 aliphatic carbocycles. The molecule has 4 heteroatoms. The van der Waals surface area contributed by atoms with Crippen LogP contribution in [-0.4, -0.2) is 24.1 Å². The SMILES string of the molecule is CNC(CCCl)C(O)c1ccc2ccsc2c1. The molecule has 0 saturated carbocycles. The maximum Gasteiger partial charge on any atom is 0.0943 e. The number of aliphatic hydroxyl groups is 1. The maximum atomic E-state index is 10.3. The molecule has 0 aliphatic heterocycles. The van der Waals surface area contributed by atoms with Crippen molar-refractivity contribution in [1.82, 2.24) is 5.32 Å². The van der Waals surface area contributed by atoms with E-state index in [0.29, 0.717) is 5.88 Å². The van der Waals surface area contributed by atoms with Crippen LogP contribution in [0.4, 0.5) is 0 Å². The number of thiophene rings is 1. The van der Waals surface area contributed by atoms with Gasteiger partial charge in [-0.25, -0.2) is 0 Å². The summed E-state index contributed by atoms with van der Waals surface area (Å²) in [6, 6.07) is 8.19. The molecule has 17 heavy (non-hydrogen) atoms. The molecule has 1 aromatic heterocycles. The van der Waals surface area contributed by atoms with Gasteiger partial charge in [-0.15, -0.1) is 22.9 Å². The summed E-state index contributed by atoms with van der Waals surface area (Å²) in [5.41, 5.74) is 0.949. The van der Waals surface area contributed by atoms with E-state index in [1.54, 1.807) is 11.3 Å². The molecule has 2 atom stereocenters. The van der Waals surface area contributed by atoms with Crippen molar-refractivity contribution in [2.75, 3.05) is 12.9 Å². The van der Waals surface area contributed by atoms with Gasteiger partial charge in [0.25, 0.3) is 0 Å². The molecule has 0 spiro atoms. The van der Waals surface area contributed by atoms with Gasteiger partial charge in [-0.2, -0.15) is 0 Å². The Hall–Kier alpha value is -0.610. The van der Waals surface area contributed by atoms with Gasteiger partial charge >= 0.3 is 0 Å². The van der Waals surface area contributed by atoms with Gasteiger partial charge in [-0.05, 0) is 41.9 Å². The van der Waals surface area contributed by atoms with Gasteiger partial charge in [0, 0.05) is 16.6 Å². The molecular formula is C13H16ClNOS. The minimum absolute atomic E-state index is 0.00455. The van der Waals surface area contributed by atoms with Gasteiger partial charge in [-0.3, -0.25) is 0 Å². The third-order valence-corrected chi connectivity index (χ3v) is 4.09. The van der Waals surface area contributed by atoms with Crippen LogP contribution in [0.15, 0.2) is 29.6 Å². The lowest BCUT2D eigenvalue weighted by Crippen LogP contribution is -2.32. The summed E-state index contributed by atoms with van der Waals surface area (Å²) >= 11 is 7.43.